The molecule has 17 heavy (non-hydrogen) atoms. The number of amides is 1. The van der Waals surface area contributed by atoms with Crippen LogP contribution in [0.25, 0.3) is 0 Å². The topological polar surface area (TPSA) is 55.4 Å². The van der Waals surface area contributed by atoms with Crippen molar-refractivity contribution in [2.24, 2.45) is 11.3 Å². The summed E-state index contributed by atoms with van der Waals surface area (Å²) in [4.78, 5) is 23.2. The van der Waals surface area contributed by atoms with Crippen LogP contribution < -0.4 is 5.32 Å². The van der Waals surface area contributed by atoms with Crippen molar-refractivity contribution in [3.05, 3.63) is 0 Å². The van der Waals surface area contributed by atoms with Crippen molar-refractivity contribution in [2.45, 2.75) is 46.5 Å². The van der Waals surface area contributed by atoms with Gasteiger partial charge in [0, 0.05) is 5.92 Å². The number of esters is 1. The second-order valence-electron chi connectivity index (χ2n) is 5.31. The third-order valence-corrected chi connectivity index (χ3v) is 3.54. The molecule has 0 spiro atoms. The lowest BCUT2D eigenvalue weighted by Gasteiger charge is -2.37. The van der Waals surface area contributed by atoms with Crippen molar-refractivity contribution < 1.29 is 14.3 Å². The molecular formula is C13H23NO3. The van der Waals surface area contributed by atoms with E-state index in [4.69, 9.17) is 4.74 Å². The number of ether oxygens (including phenoxy) is 1. The molecule has 0 aliphatic heterocycles. The molecule has 1 fully saturated rings. The monoisotopic (exact) mass is 241 g/mol. The first-order chi connectivity index (χ1) is 7.97. The quantitative estimate of drug-likeness (QED) is 0.765. The van der Waals surface area contributed by atoms with Gasteiger partial charge in [0.25, 0.3) is 0 Å². The van der Waals surface area contributed by atoms with Crippen LogP contribution in [0.5, 0.6) is 0 Å². The maximum atomic E-state index is 12.0. The number of hydrogen-bond acceptors (Lipinski definition) is 3. The molecule has 0 radical (unpaired) electrons. The zero-order valence-corrected chi connectivity index (χ0v) is 11.0. The molecule has 1 aliphatic rings. The minimum atomic E-state index is -0.366. The second kappa shape index (κ2) is 6.03. The van der Waals surface area contributed by atoms with Gasteiger partial charge < -0.3 is 10.1 Å². The van der Waals surface area contributed by atoms with Gasteiger partial charge in [-0.2, -0.15) is 0 Å². The molecule has 98 valence electrons. The fraction of sp³-hybridized carbons (Fsp3) is 0.846. The van der Waals surface area contributed by atoms with E-state index in [-0.39, 0.29) is 29.8 Å². The van der Waals surface area contributed by atoms with Crippen molar-refractivity contribution in [1.29, 1.82) is 0 Å². The van der Waals surface area contributed by atoms with Gasteiger partial charge in [0.15, 0.2) is 0 Å². The molecule has 1 saturated carbocycles. The van der Waals surface area contributed by atoms with E-state index in [0.29, 0.717) is 6.61 Å². The zero-order chi connectivity index (χ0) is 12.9. The average Bonchev–Trinajstić information content (AvgIpc) is 2.26. The highest BCUT2D eigenvalue weighted by Crippen LogP contribution is 2.40. The van der Waals surface area contributed by atoms with Gasteiger partial charge in [0.2, 0.25) is 5.91 Å². The van der Waals surface area contributed by atoms with Gasteiger partial charge in [-0.3, -0.25) is 9.59 Å². The molecule has 1 N–H and O–H groups in total. The molecule has 0 aromatic heterocycles. The molecule has 1 rings (SSSR count). The summed E-state index contributed by atoms with van der Waals surface area (Å²) < 4.78 is 4.78. The molecule has 1 atom stereocenters. The maximum Gasteiger partial charge on any atom is 0.325 e. The molecular weight excluding hydrogens is 218 g/mol. The number of carbonyl (C=O) groups is 2. The number of rotatable bonds is 4. The first-order valence-electron chi connectivity index (χ1n) is 6.40. The predicted octanol–water partition coefficient (Wildman–Crippen LogP) is 1.88. The summed E-state index contributed by atoms with van der Waals surface area (Å²) in [5.74, 6) is -0.358. The van der Waals surface area contributed by atoms with Crippen LogP contribution in [-0.4, -0.2) is 25.0 Å². The summed E-state index contributed by atoms with van der Waals surface area (Å²) in [6.07, 6.45) is 4.28. The Hall–Kier alpha value is -1.06. The molecule has 1 unspecified atom stereocenters. The Labute approximate surface area is 103 Å². The third kappa shape index (κ3) is 4.02. The lowest BCUT2D eigenvalue weighted by molar-refractivity contribution is -0.144. The Morgan fingerprint density at radius 1 is 1.35 bits per heavy atom. The van der Waals surface area contributed by atoms with Crippen LogP contribution in [0, 0.1) is 11.3 Å². The van der Waals surface area contributed by atoms with E-state index in [1.54, 1.807) is 6.92 Å². The lowest BCUT2D eigenvalue weighted by atomic mass is 9.68. The lowest BCUT2D eigenvalue weighted by Crippen LogP contribution is -2.43. The Bertz CT molecular complexity index is 286. The van der Waals surface area contributed by atoms with Gasteiger partial charge in [-0.25, -0.2) is 0 Å². The van der Waals surface area contributed by atoms with Crippen molar-refractivity contribution in [3.8, 4) is 0 Å². The van der Waals surface area contributed by atoms with Crippen LogP contribution in [0.3, 0.4) is 0 Å². The predicted molar refractivity (Wildman–Crippen MR) is 65.4 cm³/mol. The highest BCUT2D eigenvalue weighted by molar-refractivity contribution is 5.84. The van der Waals surface area contributed by atoms with Gasteiger partial charge in [0.1, 0.15) is 6.54 Å². The van der Waals surface area contributed by atoms with Gasteiger partial charge in [-0.15, -0.1) is 0 Å². The van der Waals surface area contributed by atoms with E-state index in [1.807, 2.05) is 0 Å². The summed E-state index contributed by atoms with van der Waals surface area (Å²) in [5.41, 5.74) is 0.0387. The highest BCUT2D eigenvalue weighted by Gasteiger charge is 2.37. The Balaban J connectivity index is 2.43. The van der Waals surface area contributed by atoms with Gasteiger partial charge >= 0.3 is 5.97 Å². The molecule has 0 heterocycles. The van der Waals surface area contributed by atoms with Crippen molar-refractivity contribution in [1.82, 2.24) is 5.32 Å². The normalized spacial score (nSPS) is 22.9. The van der Waals surface area contributed by atoms with Crippen LogP contribution in [0.4, 0.5) is 0 Å². The Morgan fingerprint density at radius 2 is 2.06 bits per heavy atom. The van der Waals surface area contributed by atoms with Crippen LogP contribution in [0.2, 0.25) is 0 Å². The van der Waals surface area contributed by atoms with E-state index in [1.165, 1.54) is 6.42 Å². The minimum Gasteiger partial charge on any atom is -0.465 e. The van der Waals surface area contributed by atoms with E-state index < -0.39 is 0 Å². The molecule has 4 heteroatoms. The zero-order valence-electron chi connectivity index (χ0n) is 11.0. The number of nitrogens with one attached hydrogen (secondary N) is 1. The fourth-order valence-electron chi connectivity index (χ4n) is 2.47. The summed E-state index contributed by atoms with van der Waals surface area (Å²) in [5, 5.41) is 2.68. The van der Waals surface area contributed by atoms with Crippen molar-refractivity contribution >= 4 is 11.9 Å². The van der Waals surface area contributed by atoms with E-state index in [0.717, 1.165) is 19.3 Å². The largest absolute Gasteiger partial charge is 0.465 e. The Kier molecular flexibility index (Phi) is 4.97. The van der Waals surface area contributed by atoms with Crippen LogP contribution in [0.1, 0.15) is 46.5 Å². The summed E-state index contributed by atoms with van der Waals surface area (Å²) in [6, 6.07) is 0. The van der Waals surface area contributed by atoms with Gasteiger partial charge in [-0.1, -0.05) is 26.7 Å². The van der Waals surface area contributed by atoms with E-state index in [2.05, 4.69) is 19.2 Å². The van der Waals surface area contributed by atoms with E-state index >= 15 is 0 Å². The summed E-state index contributed by atoms with van der Waals surface area (Å²) in [6.45, 7) is 6.34. The standard InChI is InChI=1S/C13H23NO3/c1-4-17-11(15)9-14-12(16)10-7-5-6-8-13(10,2)3/h10H,4-9H2,1-3H3,(H,14,16). The maximum absolute atomic E-state index is 12.0. The Morgan fingerprint density at radius 3 is 2.65 bits per heavy atom. The van der Waals surface area contributed by atoms with Crippen molar-refractivity contribution in [3.63, 3.8) is 0 Å². The van der Waals surface area contributed by atoms with Crippen LogP contribution in [0.15, 0.2) is 0 Å². The molecule has 4 nitrogen and oxygen atoms in total. The van der Waals surface area contributed by atoms with E-state index in [9.17, 15) is 9.59 Å². The summed E-state index contributed by atoms with van der Waals surface area (Å²) >= 11 is 0. The molecule has 0 aromatic carbocycles. The molecule has 0 bridgehead atoms. The SMILES string of the molecule is CCOC(=O)CNC(=O)C1CCCCC1(C)C. The first kappa shape index (κ1) is 14.0. The number of carbonyl (C=O) groups excluding carboxylic acids is 2. The first-order valence-corrected chi connectivity index (χ1v) is 6.40. The number of hydrogen-bond donors (Lipinski definition) is 1. The van der Waals surface area contributed by atoms with Crippen molar-refractivity contribution in [2.75, 3.05) is 13.2 Å². The molecule has 0 saturated heterocycles. The van der Waals surface area contributed by atoms with Gasteiger partial charge in [0.05, 0.1) is 6.61 Å². The van der Waals surface area contributed by atoms with Gasteiger partial charge in [-0.05, 0) is 25.2 Å². The molecule has 1 aliphatic carbocycles. The fourth-order valence-corrected chi connectivity index (χ4v) is 2.47. The van der Waals surface area contributed by atoms with Crippen LogP contribution >= 0.6 is 0 Å². The van der Waals surface area contributed by atoms with Crippen LogP contribution in [-0.2, 0) is 14.3 Å². The smallest absolute Gasteiger partial charge is 0.325 e. The molecule has 0 aromatic rings. The third-order valence-electron chi connectivity index (χ3n) is 3.54. The highest BCUT2D eigenvalue weighted by atomic mass is 16.5. The molecule has 1 amide bonds. The average molecular weight is 241 g/mol. The second-order valence-corrected chi connectivity index (χ2v) is 5.31. The minimum absolute atomic E-state index is 0.0113. The summed E-state index contributed by atoms with van der Waals surface area (Å²) in [7, 11) is 0.